The Hall–Kier alpha value is -1.56. The van der Waals surface area contributed by atoms with Gasteiger partial charge in [0.15, 0.2) is 5.82 Å². The van der Waals surface area contributed by atoms with Crippen molar-refractivity contribution in [2.75, 3.05) is 5.32 Å². The molecule has 0 aliphatic carbocycles. The molecule has 0 unspecified atom stereocenters. The van der Waals surface area contributed by atoms with E-state index in [-0.39, 0.29) is 0 Å². The Morgan fingerprint density at radius 1 is 1.53 bits per heavy atom. The first-order chi connectivity index (χ1) is 7.85. The monoisotopic (exact) mass is 253 g/mol. The van der Waals surface area contributed by atoms with Gasteiger partial charge in [-0.05, 0) is 33.8 Å². The van der Waals surface area contributed by atoms with Crippen molar-refractivity contribution in [1.29, 1.82) is 0 Å². The van der Waals surface area contributed by atoms with E-state index < -0.39 is 11.7 Å². The number of thiophene rings is 1. The molecule has 0 spiro atoms. The summed E-state index contributed by atoms with van der Waals surface area (Å²) in [6, 6.07) is 1.99. The number of anilines is 1. The summed E-state index contributed by atoms with van der Waals surface area (Å²) in [4.78, 5) is 12.8. The van der Waals surface area contributed by atoms with Gasteiger partial charge in [0.2, 0.25) is 0 Å². The number of nitrogens with one attached hydrogen (secondary N) is 2. The second-order valence-electron chi connectivity index (χ2n) is 4.80. The minimum Gasteiger partial charge on any atom is -0.444 e. The number of hydrogen-bond donors (Lipinski definition) is 2. The van der Waals surface area contributed by atoms with Crippen molar-refractivity contribution in [3.63, 3.8) is 0 Å². The van der Waals surface area contributed by atoms with Crippen LogP contribution in [0, 0.1) is 6.92 Å². The highest BCUT2D eigenvalue weighted by Gasteiger charge is 2.18. The van der Waals surface area contributed by atoms with E-state index in [4.69, 9.17) is 4.74 Å². The number of fused-ring (bicyclic) bond motifs is 1. The van der Waals surface area contributed by atoms with Gasteiger partial charge in [-0.2, -0.15) is 5.10 Å². The summed E-state index contributed by atoms with van der Waals surface area (Å²) in [5, 5.41) is 9.55. The quantitative estimate of drug-likeness (QED) is 0.819. The molecule has 17 heavy (non-hydrogen) atoms. The molecule has 0 atom stereocenters. The average Bonchev–Trinajstić information content (AvgIpc) is 2.63. The predicted molar refractivity (Wildman–Crippen MR) is 68.6 cm³/mol. The van der Waals surface area contributed by atoms with Crippen molar-refractivity contribution in [1.82, 2.24) is 10.2 Å². The molecule has 0 saturated heterocycles. The lowest BCUT2D eigenvalue weighted by Gasteiger charge is -2.19. The fourth-order valence-corrected chi connectivity index (χ4v) is 2.33. The lowest BCUT2D eigenvalue weighted by Crippen LogP contribution is -2.27. The van der Waals surface area contributed by atoms with Crippen LogP contribution in [-0.2, 0) is 4.74 Å². The zero-order chi connectivity index (χ0) is 12.6. The molecule has 1 amide bonds. The highest BCUT2D eigenvalue weighted by molar-refractivity contribution is 7.19. The van der Waals surface area contributed by atoms with Gasteiger partial charge in [-0.25, -0.2) is 4.79 Å². The first kappa shape index (κ1) is 11.9. The van der Waals surface area contributed by atoms with Crippen LogP contribution in [0.1, 0.15) is 25.6 Å². The SMILES string of the molecule is Cc1cc2[nH]nc(NC(=O)OC(C)(C)C)c2s1. The predicted octanol–water partition coefficient (Wildman–Crippen LogP) is 3.28. The summed E-state index contributed by atoms with van der Waals surface area (Å²) in [6.45, 7) is 7.47. The fourth-order valence-electron chi connectivity index (χ4n) is 1.43. The Balaban J connectivity index is 2.15. The van der Waals surface area contributed by atoms with Gasteiger partial charge < -0.3 is 4.74 Å². The maximum atomic E-state index is 11.6. The number of aryl methyl sites for hydroxylation is 1. The Morgan fingerprint density at radius 3 is 2.88 bits per heavy atom. The Kier molecular flexibility index (Phi) is 2.82. The third-order valence-corrected chi connectivity index (χ3v) is 3.04. The largest absolute Gasteiger partial charge is 0.444 e. The van der Waals surface area contributed by atoms with E-state index in [1.807, 2.05) is 33.8 Å². The van der Waals surface area contributed by atoms with E-state index in [0.29, 0.717) is 5.82 Å². The summed E-state index contributed by atoms with van der Waals surface area (Å²) >= 11 is 1.58. The summed E-state index contributed by atoms with van der Waals surface area (Å²) in [6.07, 6.45) is -0.489. The van der Waals surface area contributed by atoms with Gasteiger partial charge in [0, 0.05) is 4.88 Å². The van der Waals surface area contributed by atoms with Gasteiger partial charge in [-0.3, -0.25) is 10.4 Å². The van der Waals surface area contributed by atoms with Crippen molar-refractivity contribution in [2.24, 2.45) is 0 Å². The molecule has 0 aliphatic rings. The van der Waals surface area contributed by atoms with Gasteiger partial charge >= 0.3 is 6.09 Å². The summed E-state index contributed by atoms with van der Waals surface area (Å²) in [5.41, 5.74) is 0.420. The van der Waals surface area contributed by atoms with E-state index in [1.165, 1.54) is 4.88 Å². The number of carbonyl (C=O) groups is 1. The van der Waals surface area contributed by atoms with Crippen LogP contribution >= 0.6 is 11.3 Å². The maximum Gasteiger partial charge on any atom is 0.413 e. The molecule has 2 aromatic rings. The third kappa shape index (κ3) is 2.76. The smallest absolute Gasteiger partial charge is 0.413 e. The lowest BCUT2D eigenvalue weighted by molar-refractivity contribution is 0.0635. The topological polar surface area (TPSA) is 67.0 Å². The molecule has 2 heterocycles. The molecule has 2 aromatic heterocycles. The number of hydrogen-bond acceptors (Lipinski definition) is 4. The minimum atomic E-state index is -0.509. The standard InChI is InChI=1S/C11H15N3O2S/c1-6-5-7-8(17-6)9(14-13-7)12-10(15)16-11(2,3)4/h5H,1-4H3,(H2,12,13,14,15). The molecule has 92 valence electrons. The van der Waals surface area contributed by atoms with Crippen LogP contribution in [0.5, 0.6) is 0 Å². The summed E-state index contributed by atoms with van der Waals surface area (Å²) < 4.78 is 6.11. The maximum absolute atomic E-state index is 11.6. The molecule has 0 saturated carbocycles. The third-order valence-electron chi connectivity index (χ3n) is 1.98. The van der Waals surface area contributed by atoms with Gasteiger partial charge in [-0.15, -0.1) is 11.3 Å². The van der Waals surface area contributed by atoms with Crippen LogP contribution in [-0.4, -0.2) is 21.9 Å². The number of aromatic amines is 1. The fraction of sp³-hybridized carbons (Fsp3) is 0.455. The molecule has 2 N–H and O–H groups in total. The van der Waals surface area contributed by atoms with E-state index in [0.717, 1.165) is 10.2 Å². The lowest BCUT2D eigenvalue weighted by atomic mass is 10.2. The zero-order valence-electron chi connectivity index (χ0n) is 10.2. The molecular formula is C11H15N3O2S. The number of ether oxygens (including phenoxy) is 1. The molecule has 2 rings (SSSR count). The van der Waals surface area contributed by atoms with Crippen LogP contribution in [0.4, 0.5) is 10.6 Å². The first-order valence-electron chi connectivity index (χ1n) is 5.30. The number of carbonyl (C=O) groups excluding carboxylic acids is 1. The molecule has 0 aromatic carbocycles. The minimum absolute atomic E-state index is 0.489. The van der Waals surface area contributed by atoms with Crippen LogP contribution in [0.2, 0.25) is 0 Å². The van der Waals surface area contributed by atoms with Crippen molar-refractivity contribution in [3.8, 4) is 0 Å². The molecule has 6 heteroatoms. The van der Waals surface area contributed by atoms with Gasteiger partial charge in [-0.1, -0.05) is 0 Å². The van der Waals surface area contributed by atoms with Crippen LogP contribution in [0.3, 0.4) is 0 Å². The highest BCUT2D eigenvalue weighted by atomic mass is 32.1. The highest BCUT2D eigenvalue weighted by Crippen LogP contribution is 2.29. The molecular weight excluding hydrogens is 238 g/mol. The number of amides is 1. The molecule has 0 fully saturated rings. The van der Waals surface area contributed by atoms with Crippen molar-refractivity contribution in [3.05, 3.63) is 10.9 Å². The summed E-state index contributed by atoms with van der Waals surface area (Å²) in [7, 11) is 0. The van der Waals surface area contributed by atoms with Gasteiger partial charge in [0.25, 0.3) is 0 Å². The summed E-state index contributed by atoms with van der Waals surface area (Å²) in [5.74, 6) is 0.521. The van der Waals surface area contributed by atoms with E-state index in [2.05, 4.69) is 15.5 Å². The van der Waals surface area contributed by atoms with Crippen molar-refractivity contribution in [2.45, 2.75) is 33.3 Å². The van der Waals surface area contributed by atoms with E-state index >= 15 is 0 Å². The number of aromatic nitrogens is 2. The van der Waals surface area contributed by atoms with Crippen molar-refractivity contribution >= 4 is 33.5 Å². The number of rotatable bonds is 1. The Bertz CT molecular complexity index is 551. The van der Waals surface area contributed by atoms with Crippen LogP contribution < -0.4 is 5.32 Å². The Labute approximate surface area is 103 Å². The zero-order valence-corrected chi connectivity index (χ0v) is 11.1. The Morgan fingerprint density at radius 2 is 2.24 bits per heavy atom. The van der Waals surface area contributed by atoms with Crippen LogP contribution in [0.15, 0.2) is 6.07 Å². The second-order valence-corrected chi connectivity index (χ2v) is 6.06. The van der Waals surface area contributed by atoms with Gasteiger partial charge in [0.1, 0.15) is 5.60 Å². The number of H-pyrrole nitrogens is 1. The van der Waals surface area contributed by atoms with Crippen molar-refractivity contribution < 1.29 is 9.53 Å². The molecule has 0 radical (unpaired) electrons. The second kappa shape index (κ2) is 4.03. The molecule has 0 bridgehead atoms. The molecule has 5 nitrogen and oxygen atoms in total. The normalized spacial score (nSPS) is 11.8. The van der Waals surface area contributed by atoms with Gasteiger partial charge in [0.05, 0.1) is 10.2 Å². The van der Waals surface area contributed by atoms with E-state index in [9.17, 15) is 4.79 Å². The van der Waals surface area contributed by atoms with E-state index in [1.54, 1.807) is 11.3 Å². The average molecular weight is 253 g/mol. The van der Waals surface area contributed by atoms with Crippen LogP contribution in [0.25, 0.3) is 10.2 Å². The molecule has 0 aliphatic heterocycles. The first-order valence-corrected chi connectivity index (χ1v) is 6.11. The number of nitrogens with zero attached hydrogens (tertiary/aromatic N) is 1.